The van der Waals surface area contributed by atoms with E-state index < -0.39 is 10.8 Å². The Bertz CT molecular complexity index is 940. The SMILES string of the molecule is CC1(Cn2cc(-c3nc([N+](=O)[O-])cn3CC3(C)COC3)nc2C(N)=O)COC1. The number of carbonyl (C=O) groups is 1. The second kappa shape index (κ2) is 6.38. The van der Waals surface area contributed by atoms with Crippen LogP contribution in [0.5, 0.6) is 0 Å². The molecule has 0 spiro atoms. The third-order valence-electron chi connectivity index (χ3n) is 5.08. The molecule has 2 aromatic heterocycles. The Kier molecular flexibility index (Phi) is 4.23. The molecule has 28 heavy (non-hydrogen) atoms. The van der Waals surface area contributed by atoms with Crippen LogP contribution in [0.3, 0.4) is 0 Å². The van der Waals surface area contributed by atoms with Gasteiger partial charge in [-0.1, -0.05) is 13.8 Å². The number of ether oxygens (including phenoxy) is 2. The van der Waals surface area contributed by atoms with E-state index in [1.165, 1.54) is 6.20 Å². The van der Waals surface area contributed by atoms with Crippen molar-refractivity contribution in [1.29, 1.82) is 0 Å². The van der Waals surface area contributed by atoms with E-state index in [2.05, 4.69) is 9.97 Å². The van der Waals surface area contributed by atoms with Gasteiger partial charge in [-0.05, 0) is 9.91 Å². The molecular weight excluding hydrogens is 368 g/mol. The third kappa shape index (κ3) is 3.27. The van der Waals surface area contributed by atoms with Gasteiger partial charge in [-0.3, -0.25) is 4.79 Å². The molecule has 2 saturated heterocycles. The monoisotopic (exact) mass is 390 g/mol. The average Bonchev–Trinajstić information content (AvgIpc) is 3.16. The number of imidazole rings is 2. The quantitative estimate of drug-likeness (QED) is 0.545. The number of nitro groups is 1. The summed E-state index contributed by atoms with van der Waals surface area (Å²) in [5.41, 5.74) is 5.63. The highest BCUT2D eigenvalue weighted by molar-refractivity contribution is 5.90. The second-order valence-electron chi connectivity index (χ2n) is 8.36. The van der Waals surface area contributed by atoms with E-state index in [0.29, 0.717) is 51.0 Å². The van der Waals surface area contributed by atoms with E-state index in [9.17, 15) is 14.9 Å². The van der Waals surface area contributed by atoms with Crippen LogP contribution in [-0.4, -0.2) is 56.4 Å². The fourth-order valence-electron chi connectivity index (χ4n) is 3.56. The van der Waals surface area contributed by atoms with Crippen LogP contribution >= 0.6 is 0 Å². The van der Waals surface area contributed by atoms with E-state index >= 15 is 0 Å². The van der Waals surface area contributed by atoms with E-state index in [1.807, 2.05) is 13.8 Å². The lowest BCUT2D eigenvalue weighted by Crippen LogP contribution is -2.43. The zero-order valence-corrected chi connectivity index (χ0v) is 15.8. The summed E-state index contributed by atoms with van der Waals surface area (Å²) >= 11 is 0. The third-order valence-corrected chi connectivity index (χ3v) is 5.08. The smallest absolute Gasteiger partial charge is 0.380 e. The summed E-state index contributed by atoms with van der Waals surface area (Å²) in [4.78, 5) is 31.1. The number of aromatic nitrogens is 4. The van der Waals surface area contributed by atoms with Gasteiger partial charge in [0.05, 0.1) is 26.4 Å². The molecule has 2 aliphatic rings. The summed E-state index contributed by atoms with van der Waals surface area (Å²) < 4.78 is 13.9. The maximum Gasteiger partial charge on any atom is 0.382 e. The van der Waals surface area contributed by atoms with Crippen LogP contribution in [0.15, 0.2) is 12.4 Å². The highest BCUT2D eigenvalue weighted by atomic mass is 16.6. The minimum atomic E-state index is -0.665. The fraction of sp³-hybridized carbons (Fsp3) is 0.588. The summed E-state index contributed by atoms with van der Waals surface area (Å²) in [6, 6.07) is 0. The number of rotatable bonds is 7. The lowest BCUT2D eigenvalue weighted by atomic mass is 9.88. The Hall–Kier alpha value is -2.79. The molecule has 0 aliphatic carbocycles. The van der Waals surface area contributed by atoms with Gasteiger partial charge in [0, 0.05) is 30.1 Å². The van der Waals surface area contributed by atoms with Crippen molar-refractivity contribution in [2.75, 3.05) is 26.4 Å². The number of nitrogens with two attached hydrogens (primary N) is 1. The molecule has 4 heterocycles. The van der Waals surface area contributed by atoms with Crippen LogP contribution in [-0.2, 0) is 22.6 Å². The maximum absolute atomic E-state index is 11.9. The molecule has 0 unspecified atom stereocenters. The molecule has 4 rings (SSSR count). The first-order valence-electron chi connectivity index (χ1n) is 8.93. The molecule has 0 radical (unpaired) electrons. The molecule has 0 bridgehead atoms. The molecule has 2 fully saturated rings. The van der Waals surface area contributed by atoms with Gasteiger partial charge in [0.2, 0.25) is 0 Å². The van der Waals surface area contributed by atoms with Crippen molar-refractivity contribution in [2.24, 2.45) is 16.6 Å². The summed E-state index contributed by atoms with van der Waals surface area (Å²) in [6.45, 7) is 7.38. The first-order chi connectivity index (χ1) is 13.2. The predicted molar refractivity (Wildman–Crippen MR) is 96.5 cm³/mol. The lowest BCUT2D eigenvalue weighted by Gasteiger charge is -2.38. The van der Waals surface area contributed by atoms with Crippen LogP contribution in [0.2, 0.25) is 0 Å². The molecule has 2 aliphatic heterocycles. The first-order valence-corrected chi connectivity index (χ1v) is 8.93. The van der Waals surface area contributed by atoms with Gasteiger partial charge in [0.1, 0.15) is 6.20 Å². The van der Waals surface area contributed by atoms with E-state index in [4.69, 9.17) is 15.2 Å². The normalized spacial score (nSPS) is 19.6. The van der Waals surface area contributed by atoms with Crippen molar-refractivity contribution in [1.82, 2.24) is 19.1 Å². The zero-order valence-electron chi connectivity index (χ0n) is 15.8. The van der Waals surface area contributed by atoms with Gasteiger partial charge in [-0.25, -0.2) is 4.98 Å². The largest absolute Gasteiger partial charge is 0.382 e. The zero-order chi connectivity index (χ0) is 20.1. The summed E-state index contributed by atoms with van der Waals surface area (Å²) in [5, 5.41) is 11.3. The summed E-state index contributed by atoms with van der Waals surface area (Å²) in [7, 11) is 0. The fourth-order valence-corrected chi connectivity index (χ4v) is 3.56. The Labute approximate surface area is 160 Å². The van der Waals surface area contributed by atoms with Crippen molar-refractivity contribution >= 4 is 11.7 Å². The number of hydrogen-bond donors (Lipinski definition) is 1. The van der Waals surface area contributed by atoms with Crippen molar-refractivity contribution in [2.45, 2.75) is 26.9 Å². The first kappa shape index (κ1) is 18.6. The molecule has 2 N–H and O–H groups in total. The standard InChI is InChI=1S/C17H22N6O5/c1-16(7-27-8-16)5-21-3-11(19-15(21)13(18)24)14-20-12(23(25)26)4-22(14)6-17(2)9-28-10-17/h3-4H,5-10H2,1-2H3,(H2,18,24). The number of hydrogen-bond acceptors (Lipinski definition) is 7. The minimum absolute atomic E-state index is 0.0958. The average molecular weight is 390 g/mol. The van der Waals surface area contributed by atoms with Gasteiger partial charge in [-0.2, -0.15) is 0 Å². The predicted octanol–water partition coefficient (Wildman–Crippen LogP) is 0.827. The van der Waals surface area contributed by atoms with Crippen LogP contribution in [0.1, 0.15) is 24.5 Å². The minimum Gasteiger partial charge on any atom is -0.380 e. The maximum atomic E-state index is 11.9. The molecular formula is C17H22N6O5. The Morgan fingerprint density at radius 3 is 2.18 bits per heavy atom. The van der Waals surface area contributed by atoms with Crippen molar-refractivity contribution in [3.8, 4) is 11.5 Å². The van der Waals surface area contributed by atoms with Gasteiger partial charge in [0.25, 0.3) is 11.7 Å². The number of nitrogens with zero attached hydrogens (tertiary/aromatic N) is 5. The van der Waals surface area contributed by atoms with Crippen molar-refractivity contribution in [3.05, 3.63) is 28.3 Å². The van der Waals surface area contributed by atoms with Crippen LogP contribution in [0, 0.1) is 20.9 Å². The van der Waals surface area contributed by atoms with Gasteiger partial charge >= 0.3 is 5.82 Å². The van der Waals surface area contributed by atoms with Crippen molar-refractivity contribution in [3.63, 3.8) is 0 Å². The van der Waals surface area contributed by atoms with Crippen molar-refractivity contribution < 1.29 is 19.2 Å². The van der Waals surface area contributed by atoms with Gasteiger partial charge in [0.15, 0.2) is 11.5 Å². The Balaban J connectivity index is 1.73. The van der Waals surface area contributed by atoms with E-state index in [1.54, 1.807) is 15.3 Å². The van der Waals surface area contributed by atoms with Crippen LogP contribution in [0.4, 0.5) is 5.82 Å². The number of amides is 1. The Morgan fingerprint density at radius 2 is 1.71 bits per heavy atom. The van der Waals surface area contributed by atoms with Crippen LogP contribution in [0.25, 0.3) is 11.5 Å². The molecule has 11 heteroatoms. The molecule has 0 atom stereocenters. The highest BCUT2D eigenvalue weighted by Gasteiger charge is 2.38. The second-order valence-corrected chi connectivity index (χ2v) is 8.36. The molecule has 1 amide bonds. The van der Waals surface area contributed by atoms with Gasteiger partial charge < -0.3 is 34.5 Å². The molecule has 0 saturated carbocycles. The summed E-state index contributed by atoms with van der Waals surface area (Å²) in [6.07, 6.45) is 3.06. The number of carbonyl (C=O) groups excluding carboxylic acids is 1. The van der Waals surface area contributed by atoms with Crippen LogP contribution < -0.4 is 5.73 Å². The summed E-state index contributed by atoms with van der Waals surface area (Å²) in [5.74, 6) is -0.509. The molecule has 0 aromatic carbocycles. The molecule has 150 valence electrons. The van der Waals surface area contributed by atoms with E-state index in [0.717, 1.165) is 0 Å². The lowest BCUT2D eigenvalue weighted by molar-refractivity contribution is -0.389. The molecule has 11 nitrogen and oxygen atoms in total. The Morgan fingerprint density at radius 1 is 1.14 bits per heavy atom. The topological polar surface area (TPSA) is 140 Å². The highest BCUT2D eigenvalue weighted by Crippen LogP contribution is 2.33. The molecule has 2 aromatic rings. The van der Waals surface area contributed by atoms with Gasteiger partial charge in [-0.15, -0.1) is 0 Å². The number of primary amides is 1. The van der Waals surface area contributed by atoms with E-state index in [-0.39, 0.29) is 22.5 Å².